The molecule has 1 amide bonds. The van der Waals surface area contributed by atoms with Gasteiger partial charge in [0.05, 0.1) is 19.1 Å². The number of anilines is 1. The fraction of sp³-hybridized carbons (Fsp3) is 0.522. The molecule has 2 aromatic rings. The van der Waals surface area contributed by atoms with Crippen LogP contribution in [-0.2, 0) is 16.1 Å². The van der Waals surface area contributed by atoms with Gasteiger partial charge in [-0.25, -0.2) is 9.37 Å². The molecule has 1 aromatic carbocycles. The molecule has 1 aromatic heterocycles. The topological polar surface area (TPSA) is 79.1 Å². The highest BCUT2D eigenvalue weighted by molar-refractivity contribution is 5.92. The Hall–Kier alpha value is -2.94. The van der Waals surface area contributed by atoms with E-state index < -0.39 is 0 Å². The highest BCUT2D eigenvalue weighted by Gasteiger charge is 2.30. The Balaban J connectivity index is 1.25. The van der Waals surface area contributed by atoms with Gasteiger partial charge in [0.1, 0.15) is 12.1 Å². The second kappa shape index (κ2) is 10.1. The van der Waals surface area contributed by atoms with Gasteiger partial charge in [-0.05, 0) is 44.0 Å². The summed E-state index contributed by atoms with van der Waals surface area (Å²) in [6.07, 6.45) is 2.63. The van der Waals surface area contributed by atoms with Crippen molar-refractivity contribution >= 4 is 17.6 Å². The van der Waals surface area contributed by atoms with Crippen LogP contribution in [0.5, 0.6) is 0 Å². The van der Waals surface area contributed by atoms with Crippen molar-refractivity contribution in [3.8, 4) is 0 Å². The summed E-state index contributed by atoms with van der Waals surface area (Å²) in [4.78, 5) is 35.2. The van der Waals surface area contributed by atoms with E-state index in [0.29, 0.717) is 50.7 Å². The Morgan fingerprint density at radius 3 is 2.44 bits per heavy atom. The highest BCUT2D eigenvalue weighted by Crippen LogP contribution is 2.21. The molecule has 32 heavy (non-hydrogen) atoms. The lowest BCUT2D eigenvalue weighted by Crippen LogP contribution is -2.46. The Morgan fingerprint density at radius 2 is 1.78 bits per heavy atom. The summed E-state index contributed by atoms with van der Waals surface area (Å²) in [7, 11) is 0. The Labute approximate surface area is 186 Å². The first-order valence-electron chi connectivity index (χ1n) is 11.2. The lowest BCUT2D eigenvalue weighted by Gasteiger charge is -2.35. The molecule has 2 saturated heterocycles. The van der Waals surface area contributed by atoms with E-state index in [0.717, 1.165) is 31.9 Å². The molecule has 8 nitrogen and oxygen atoms in total. The van der Waals surface area contributed by atoms with Crippen LogP contribution in [0.25, 0.3) is 0 Å². The monoisotopic (exact) mass is 444 g/mol. The van der Waals surface area contributed by atoms with Gasteiger partial charge in [-0.2, -0.15) is 0 Å². The molecule has 4 rings (SSSR count). The van der Waals surface area contributed by atoms with E-state index in [1.807, 2.05) is 0 Å². The summed E-state index contributed by atoms with van der Waals surface area (Å²) in [5.74, 6) is -0.193. The summed E-state index contributed by atoms with van der Waals surface area (Å²) in [5.41, 5.74) is 1.32. The van der Waals surface area contributed by atoms with Crippen LogP contribution >= 0.6 is 0 Å². The van der Waals surface area contributed by atoms with Gasteiger partial charge in [0.15, 0.2) is 5.69 Å². The van der Waals surface area contributed by atoms with Gasteiger partial charge >= 0.3 is 5.97 Å². The number of likely N-dealkylation sites (tertiary alicyclic amines) is 1. The largest absolute Gasteiger partial charge is 0.466 e. The first kappa shape index (κ1) is 22.3. The lowest BCUT2D eigenvalue weighted by atomic mass is 9.97. The smallest absolute Gasteiger partial charge is 0.309 e. The van der Waals surface area contributed by atoms with Gasteiger partial charge in [0.2, 0.25) is 5.89 Å². The van der Waals surface area contributed by atoms with Gasteiger partial charge in [-0.3, -0.25) is 14.5 Å². The molecule has 0 atom stereocenters. The summed E-state index contributed by atoms with van der Waals surface area (Å²) < 4.78 is 23.8. The highest BCUT2D eigenvalue weighted by atomic mass is 19.1. The molecular weight excluding hydrogens is 415 g/mol. The molecule has 0 aliphatic carbocycles. The molecule has 0 unspecified atom stereocenters. The van der Waals surface area contributed by atoms with Crippen LogP contribution < -0.4 is 4.90 Å². The number of carbonyl (C=O) groups is 2. The van der Waals surface area contributed by atoms with Crippen LogP contribution in [0.15, 0.2) is 34.9 Å². The fourth-order valence-corrected chi connectivity index (χ4v) is 4.23. The number of hydrogen-bond donors (Lipinski definition) is 0. The van der Waals surface area contributed by atoms with Gasteiger partial charge < -0.3 is 19.0 Å². The number of piperidine rings is 1. The first-order chi connectivity index (χ1) is 15.5. The van der Waals surface area contributed by atoms with E-state index in [1.165, 1.54) is 18.4 Å². The van der Waals surface area contributed by atoms with Crippen molar-refractivity contribution in [2.75, 3.05) is 50.8 Å². The second-order valence-electron chi connectivity index (χ2n) is 8.18. The van der Waals surface area contributed by atoms with Crippen molar-refractivity contribution in [1.29, 1.82) is 0 Å². The maximum Gasteiger partial charge on any atom is 0.309 e. The first-order valence-corrected chi connectivity index (χ1v) is 11.2. The van der Waals surface area contributed by atoms with Crippen molar-refractivity contribution in [2.24, 2.45) is 5.92 Å². The second-order valence-corrected chi connectivity index (χ2v) is 8.18. The Bertz CT molecular complexity index is 916. The zero-order valence-electron chi connectivity index (χ0n) is 18.3. The van der Waals surface area contributed by atoms with Gasteiger partial charge in [-0.15, -0.1) is 0 Å². The number of halogens is 1. The third-order valence-electron chi connectivity index (χ3n) is 6.10. The van der Waals surface area contributed by atoms with Crippen molar-refractivity contribution in [1.82, 2.24) is 14.8 Å². The van der Waals surface area contributed by atoms with E-state index in [-0.39, 0.29) is 23.6 Å². The Morgan fingerprint density at radius 1 is 1.09 bits per heavy atom. The maximum atomic E-state index is 13.1. The number of hydrogen-bond acceptors (Lipinski definition) is 7. The minimum absolute atomic E-state index is 0.138. The zero-order chi connectivity index (χ0) is 22.5. The summed E-state index contributed by atoms with van der Waals surface area (Å²) in [6, 6.07) is 6.55. The van der Waals surface area contributed by atoms with Crippen LogP contribution in [0.3, 0.4) is 0 Å². The molecule has 0 N–H and O–H groups in total. The average Bonchev–Trinajstić information content (AvgIpc) is 3.28. The van der Waals surface area contributed by atoms with Crippen LogP contribution in [0.4, 0.5) is 10.1 Å². The molecule has 0 spiro atoms. The van der Waals surface area contributed by atoms with E-state index in [1.54, 1.807) is 24.0 Å². The molecule has 3 heterocycles. The van der Waals surface area contributed by atoms with Crippen LogP contribution in [0, 0.1) is 11.7 Å². The van der Waals surface area contributed by atoms with E-state index in [4.69, 9.17) is 9.15 Å². The number of carbonyl (C=O) groups excluding carboxylic acids is 2. The quantitative estimate of drug-likeness (QED) is 0.634. The Kier molecular flexibility index (Phi) is 7.04. The van der Waals surface area contributed by atoms with Crippen LogP contribution in [-0.4, -0.2) is 72.5 Å². The minimum atomic E-state index is -0.231. The van der Waals surface area contributed by atoms with Gasteiger partial charge in [-0.1, -0.05) is 0 Å². The number of rotatable bonds is 6. The maximum absolute atomic E-state index is 13.1. The standard InChI is InChI=1S/C23H29FN4O4/c1-2-31-23(30)17-7-9-28(10-8-17)22(29)20-16-32-21(25-20)15-26-11-13-27(14-12-26)19-5-3-18(24)4-6-19/h3-6,16-17H,2,7-15H2,1H3. The van der Waals surface area contributed by atoms with Crippen molar-refractivity contribution in [3.63, 3.8) is 0 Å². The van der Waals surface area contributed by atoms with Gasteiger partial charge in [0, 0.05) is 45.0 Å². The molecule has 0 radical (unpaired) electrons. The van der Waals surface area contributed by atoms with E-state index in [9.17, 15) is 14.0 Å². The summed E-state index contributed by atoms with van der Waals surface area (Å²) in [5, 5.41) is 0. The summed E-state index contributed by atoms with van der Waals surface area (Å²) in [6.45, 7) is 7.03. The number of ether oxygens (including phenoxy) is 1. The number of piperazine rings is 1. The lowest BCUT2D eigenvalue weighted by molar-refractivity contribution is -0.149. The van der Waals surface area contributed by atoms with E-state index >= 15 is 0 Å². The third-order valence-corrected chi connectivity index (χ3v) is 6.10. The number of benzene rings is 1. The predicted molar refractivity (Wildman–Crippen MR) is 116 cm³/mol. The summed E-state index contributed by atoms with van der Waals surface area (Å²) >= 11 is 0. The van der Waals surface area contributed by atoms with Crippen LogP contribution in [0.2, 0.25) is 0 Å². The number of amides is 1. The molecule has 172 valence electrons. The average molecular weight is 445 g/mol. The number of nitrogens with zero attached hydrogens (tertiary/aromatic N) is 4. The molecule has 2 fully saturated rings. The van der Waals surface area contributed by atoms with Crippen molar-refractivity contribution < 1.29 is 23.1 Å². The zero-order valence-corrected chi connectivity index (χ0v) is 18.3. The third kappa shape index (κ3) is 5.27. The molecule has 0 bridgehead atoms. The molecule has 0 saturated carbocycles. The predicted octanol–water partition coefficient (Wildman–Crippen LogP) is 2.55. The SMILES string of the molecule is CCOC(=O)C1CCN(C(=O)c2coc(CN3CCN(c4ccc(F)cc4)CC3)n2)CC1. The van der Waals surface area contributed by atoms with E-state index in [2.05, 4.69) is 14.8 Å². The van der Waals surface area contributed by atoms with Crippen molar-refractivity contribution in [2.45, 2.75) is 26.3 Å². The molecule has 2 aliphatic heterocycles. The number of esters is 1. The fourth-order valence-electron chi connectivity index (χ4n) is 4.23. The van der Waals surface area contributed by atoms with Gasteiger partial charge in [0.25, 0.3) is 5.91 Å². The number of oxazole rings is 1. The van der Waals surface area contributed by atoms with Crippen molar-refractivity contribution in [3.05, 3.63) is 47.9 Å². The molecule has 9 heteroatoms. The minimum Gasteiger partial charge on any atom is -0.466 e. The normalized spacial score (nSPS) is 18.1. The molecule has 2 aliphatic rings. The van der Waals surface area contributed by atoms with Crippen LogP contribution in [0.1, 0.15) is 36.1 Å². The molecular formula is C23H29FN4O4. The number of aromatic nitrogens is 1.